The summed E-state index contributed by atoms with van der Waals surface area (Å²) in [7, 11) is 0. The summed E-state index contributed by atoms with van der Waals surface area (Å²) in [5, 5.41) is 21.3. The van der Waals surface area contributed by atoms with E-state index in [0.717, 1.165) is 18.6 Å². The number of carboxylic acids is 1. The van der Waals surface area contributed by atoms with Gasteiger partial charge in [-0.05, 0) is 49.3 Å². The van der Waals surface area contributed by atoms with Crippen LogP contribution < -0.4 is 30.7 Å². The predicted octanol–water partition coefficient (Wildman–Crippen LogP) is 3.81. The molecule has 0 saturated carbocycles. The molecule has 346 valence electrons. The molecule has 2 aliphatic rings. The van der Waals surface area contributed by atoms with Crippen LogP contribution in [0, 0.1) is 5.41 Å². The predicted molar refractivity (Wildman–Crippen MR) is 231 cm³/mol. The van der Waals surface area contributed by atoms with Crippen molar-refractivity contribution in [1.29, 1.82) is 0 Å². The van der Waals surface area contributed by atoms with Crippen LogP contribution in [0.2, 0.25) is 0 Å². The molecule has 4 amide bonds. The molecular weight excluding hydrogens is 827 g/mol. The molecule has 2 saturated heterocycles. The van der Waals surface area contributed by atoms with Gasteiger partial charge in [0.15, 0.2) is 0 Å². The number of aliphatic carboxylic acids is 1. The fourth-order valence-corrected chi connectivity index (χ4v) is 7.82. The number of thioether (sulfide) groups is 1. The second kappa shape index (κ2) is 28.4. The summed E-state index contributed by atoms with van der Waals surface area (Å²) in [5.74, 6) is 0.687. The Bertz CT molecular complexity index is 1630. The maximum Gasteiger partial charge on any atom is 0.326 e. The molecule has 0 radical (unpaired) electrons. The lowest BCUT2D eigenvalue weighted by molar-refractivity contribution is -0.139. The Morgan fingerprint density at radius 2 is 1.45 bits per heavy atom. The molecule has 0 bridgehead atoms. The van der Waals surface area contributed by atoms with Crippen molar-refractivity contribution in [3.05, 3.63) is 48.2 Å². The summed E-state index contributed by atoms with van der Waals surface area (Å²) in [6.45, 7) is 12.0. The minimum atomic E-state index is -1.08. The van der Waals surface area contributed by atoms with Gasteiger partial charge in [0.1, 0.15) is 24.1 Å². The van der Waals surface area contributed by atoms with Gasteiger partial charge in [-0.1, -0.05) is 26.8 Å². The normalized spacial score (nSPS) is 17.5. The lowest BCUT2D eigenvalue weighted by atomic mass is 9.88. The number of ether oxygens (including phenoxy) is 8. The first-order valence-electron chi connectivity index (χ1n) is 21.3. The van der Waals surface area contributed by atoms with E-state index >= 15 is 0 Å². The van der Waals surface area contributed by atoms with Crippen LogP contribution in [0.1, 0.15) is 63.2 Å². The van der Waals surface area contributed by atoms with Crippen molar-refractivity contribution in [2.45, 2.75) is 76.3 Å². The van der Waals surface area contributed by atoms with Crippen molar-refractivity contribution < 1.29 is 62.2 Å². The maximum atomic E-state index is 12.7. The van der Waals surface area contributed by atoms with E-state index in [1.165, 1.54) is 12.3 Å². The number of amides is 4. The number of carboxylic acid groups (broad SMARTS) is 1. The minimum absolute atomic E-state index is 0.0127. The first-order chi connectivity index (χ1) is 30.0. The molecule has 0 aliphatic carbocycles. The van der Waals surface area contributed by atoms with Gasteiger partial charge in [0, 0.05) is 42.3 Å². The Kier molecular flexibility index (Phi) is 23.1. The fourth-order valence-electron chi connectivity index (χ4n) is 6.28. The third-order valence-electron chi connectivity index (χ3n) is 9.57. The molecule has 62 heavy (non-hydrogen) atoms. The lowest BCUT2D eigenvalue weighted by Gasteiger charge is -2.21. The number of benzene rings is 1. The Balaban J connectivity index is 0.880. The highest BCUT2D eigenvalue weighted by molar-refractivity contribution is 8.00. The first kappa shape index (κ1) is 50.4. The molecule has 5 N–H and O–H groups in total. The van der Waals surface area contributed by atoms with Gasteiger partial charge in [-0.25, -0.2) is 14.6 Å². The van der Waals surface area contributed by atoms with Gasteiger partial charge in [0.05, 0.1) is 96.9 Å². The van der Waals surface area contributed by atoms with Crippen LogP contribution in [0.4, 0.5) is 4.79 Å². The fraction of sp³-hybridized carbons (Fsp3) is 0.651. The van der Waals surface area contributed by atoms with Crippen LogP contribution in [0.25, 0.3) is 0 Å². The first-order valence-corrected chi connectivity index (χ1v) is 22.3. The van der Waals surface area contributed by atoms with E-state index in [0.29, 0.717) is 128 Å². The van der Waals surface area contributed by atoms with Crippen molar-refractivity contribution in [3.63, 3.8) is 0 Å². The SMILES string of the molecule is CC(C)(C)CC[C@H](NC(=O)c1ccc(Oc2cccc(OCCOCCOCCOCCOCCOCCOCCNC(=O)CCC[C@@H]3SC[C@@H]4NC(=O)N[C@@H]43)c2)nc1)C(=O)O. The van der Waals surface area contributed by atoms with Crippen LogP contribution in [0.15, 0.2) is 42.6 Å². The standard InChI is InChI=1S/C43H65N5O13S/c1-43(2,3)13-12-34(41(51)52)46-40(50)31-10-11-38(45-29-31)61-33-7-4-6-32(28-33)60-27-26-59-25-24-58-23-22-57-21-20-56-19-18-55-17-16-54-15-14-44-37(49)9-5-8-36-39-35(30-62-36)47-42(53)48-39/h4,6-7,10-11,28-29,34-36,39H,5,8-9,12-27,30H2,1-3H3,(H,44,49)(H,46,50)(H,51,52)(H2,47,48,53)/t34-,35-,36-,39-/m0/s1. The van der Waals surface area contributed by atoms with Gasteiger partial charge in [0.25, 0.3) is 5.91 Å². The van der Waals surface area contributed by atoms with E-state index in [-0.39, 0.29) is 40.9 Å². The Hall–Kier alpha value is -4.24. The maximum absolute atomic E-state index is 12.7. The molecule has 2 aromatic rings. The average Bonchev–Trinajstić information content (AvgIpc) is 3.80. The van der Waals surface area contributed by atoms with E-state index in [2.05, 4.69) is 26.3 Å². The van der Waals surface area contributed by atoms with E-state index in [1.807, 2.05) is 32.5 Å². The quantitative estimate of drug-likeness (QED) is 0.0508. The van der Waals surface area contributed by atoms with E-state index in [1.54, 1.807) is 30.3 Å². The molecule has 19 heteroatoms. The molecule has 2 fully saturated rings. The molecule has 0 spiro atoms. The summed E-state index contributed by atoms with van der Waals surface area (Å²) in [6, 6.07) is 9.42. The van der Waals surface area contributed by atoms with Crippen molar-refractivity contribution in [3.8, 4) is 17.4 Å². The van der Waals surface area contributed by atoms with Crippen LogP contribution in [0.3, 0.4) is 0 Å². The summed E-state index contributed by atoms with van der Waals surface area (Å²) >= 11 is 1.86. The Morgan fingerprint density at radius 3 is 2.05 bits per heavy atom. The van der Waals surface area contributed by atoms with Crippen LogP contribution in [-0.4, -0.2) is 155 Å². The molecular formula is C43H65N5O13S. The third-order valence-corrected chi connectivity index (χ3v) is 11.1. The van der Waals surface area contributed by atoms with E-state index < -0.39 is 17.9 Å². The summed E-state index contributed by atoms with van der Waals surface area (Å²) in [5.41, 5.74) is 0.177. The van der Waals surface area contributed by atoms with Crippen molar-refractivity contribution in [2.24, 2.45) is 5.41 Å². The van der Waals surface area contributed by atoms with Crippen molar-refractivity contribution in [1.82, 2.24) is 26.3 Å². The van der Waals surface area contributed by atoms with Gasteiger partial charge >= 0.3 is 12.0 Å². The van der Waals surface area contributed by atoms with Gasteiger partial charge in [0.2, 0.25) is 11.8 Å². The number of nitrogens with zero attached hydrogens (tertiary/aromatic N) is 1. The minimum Gasteiger partial charge on any atom is -0.491 e. The van der Waals surface area contributed by atoms with Crippen molar-refractivity contribution in [2.75, 3.05) is 98.2 Å². The van der Waals surface area contributed by atoms with Crippen molar-refractivity contribution >= 4 is 35.6 Å². The number of hydrogen-bond donors (Lipinski definition) is 5. The molecule has 1 aromatic carbocycles. The molecule has 18 nitrogen and oxygen atoms in total. The van der Waals surface area contributed by atoms with E-state index in [4.69, 9.17) is 37.9 Å². The number of urea groups is 1. The number of hydrogen-bond acceptors (Lipinski definition) is 14. The number of nitrogens with one attached hydrogen (secondary N) is 4. The number of pyridine rings is 1. The zero-order chi connectivity index (χ0) is 44.4. The van der Waals surface area contributed by atoms with Crippen LogP contribution in [0.5, 0.6) is 17.4 Å². The molecule has 3 heterocycles. The second-order valence-corrected chi connectivity index (χ2v) is 17.1. The van der Waals surface area contributed by atoms with Gasteiger partial charge in [-0.2, -0.15) is 11.8 Å². The monoisotopic (exact) mass is 891 g/mol. The highest BCUT2D eigenvalue weighted by Gasteiger charge is 2.42. The largest absolute Gasteiger partial charge is 0.491 e. The van der Waals surface area contributed by atoms with Crippen LogP contribution >= 0.6 is 11.8 Å². The number of rotatable bonds is 33. The zero-order valence-electron chi connectivity index (χ0n) is 36.2. The lowest BCUT2D eigenvalue weighted by Crippen LogP contribution is -2.41. The second-order valence-electron chi connectivity index (χ2n) is 15.8. The Morgan fingerprint density at radius 1 is 0.839 bits per heavy atom. The van der Waals surface area contributed by atoms with Gasteiger partial charge in [-0.3, -0.25) is 9.59 Å². The topological polar surface area (TPSA) is 223 Å². The smallest absolute Gasteiger partial charge is 0.326 e. The number of aromatic nitrogens is 1. The molecule has 4 atom stereocenters. The highest BCUT2D eigenvalue weighted by Crippen LogP contribution is 2.33. The molecule has 2 aliphatic heterocycles. The van der Waals surface area contributed by atoms with Gasteiger partial charge < -0.3 is 64.3 Å². The summed E-state index contributed by atoms with van der Waals surface area (Å²) in [6.07, 6.45) is 4.48. The summed E-state index contributed by atoms with van der Waals surface area (Å²) < 4.78 is 44.8. The van der Waals surface area contributed by atoms with E-state index in [9.17, 15) is 24.3 Å². The van der Waals surface area contributed by atoms with Gasteiger partial charge in [-0.15, -0.1) is 0 Å². The van der Waals surface area contributed by atoms with Crippen LogP contribution in [-0.2, 0) is 38.0 Å². The molecule has 4 rings (SSSR count). The summed E-state index contributed by atoms with van der Waals surface area (Å²) in [4.78, 5) is 52.1. The number of fused-ring (bicyclic) bond motifs is 1. The average molecular weight is 892 g/mol. The number of carbonyl (C=O) groups is 4. The molecule has 1 aromatic heterocycles. The zero-order valence-corrected chi connectivity index (χ0v) is 37.0. The third kappa shape index (κ3) is 20.8. The number of carbonyl (C=O) groups excluding carboxylic acids is 3. The Labute approximate surface area is 368 Å². The molecule has 0 unspecified atom stereocenters. The highest BCUT2D eigenvalue weighted by atomic mass is 32.2.